The van der Waals surface area contributed by atoms with Crippen LogP contribution in [-0.2, 0) is 15.7 Å². The van der Waals surface area contributed by atoms with Crippen LogP contribution in [0.25, 0.3) is 0 Å². The highest BCUT2D eigenvalue weighted by atomic mass is 19.4. The lowest BCUT2D eigenvalue weighted by Gasteiger charge is -2.14. The maximum atomic E-state index is 12.6. The Hall–Kier alpha value is -3.07. The smallest absolute Gasteiger partial charge is 0.416 e. The van der Waals surface area contributed by atoms with Crippen LogP contribution in [0.2, 0.25) is 0 Å². The highest BCUT2D eigenvalue weighted by molar-refractivity contribution is 6.07. The Morgan fingerprint density at radius 1 is 0.963 bits per heavy atom. The molecule has 0 aliphatic heterocycles. The summed E-state index contributed by atoms with van der Waals surface area (Å²) in [5, 5.41) is 5.12. The van der Waals surface area contributed by atoms with E-state index < -0.39 is 23.6 Å². The van der Waals surface area contributed by atoms with Gasteiger partial charge in [0.15, 0.2) is 0 Å². The van der Waals surface area contributed by atoms with Crippen molar-refractivity contribution in [2.24, 2.45) is 0 Å². The molecule has 0 unspecified atom stereocenters. The van der Waals surface area contributed by atoms with Gasteiger partial charge >= 0.3 is 6.18 Å². The second kappa shape index (κ2) is 8.54. The van der Waals surface area contributed by atoms with Gasteiger partial charge in [0, 0.05) is 18.7 Å². The van der Waals surface area contributed by atoms with Crippen molar-refractivity contribution in [2.45, 2.75) is 6.18 Å². The number of carbonyl (C=O) groups excluding carboxylic acids is 2. The van der Waals surface area contributed by atoms with Gasteiger partial charge in [0.1, 0.15) is 12.4 Å². The van der Waals surface area contributed by atoms with Crippen LogP contribution in [0.5, 0.6) is 5.75 Å². The summed E-state index contributed by atoms with van der Waals surface area (Å²) in [7, 11) is 2.79. The Labute approximate surface area is 153 Å². The van der Waals surface area contributed by atoms with Crippen molar-refractivity contribution >= 4 is 23.2 Å². The molecule has 6 nitrogen and oxygen atoms in total. The summed E-state index contributed by atoms with van der Waals surface area (Å²) in [4.78, 5) is 24.1. The van der Waals surface area contributed by atoms with E-state index in [4.69, 9.17) is 9.47 Å². The minimum Gasteiger partial charge on any atom is -0.497 e. The van der Waals surface area contributed by atoms with E-state index >= 15 is 0 Å². The lowest BCUT2D eigenvalue weighted by molar-refractivity contribution is -0.137. The summed E-state index contributed by atoms with van der Waals surface area (Å²) in [6.45, 7) is -0.182. The van der Waals surface area contributed by atoms with Crippen LogP contribution in [0.4, 0.5) is 24.5 Å². The van der Waals surface area contributed by atoms with Crippen LogP contribution in [0, 0.1) is 0 Å². The van der Waals surface area contributed by atoms with E-state index in [1.54, 1.807) is 6.07 Å². The molecule has 0 heterocycles. The molecule has 2 aromatic rings. The molecule has 2 N–H and O–H groups in total. The second-order valence-electron chi connectivity index (χ2n) is 5.42. The number of halogens is 3. The van der Waals surface area contributed by atoms with Crippen molar-refractivity contribution in [1.29, 1.82) is 0 Å². The van der Waals surface area contributed by atoms with Gasteiger partial charge in [0.25, 0.3) is 5.91 Å². The van der Waals surface area contributed by atoms with E-state index in [2.05, 4.69) is 10.6 Å². The van der Waals surface area contributed by atoms with Gasteiger partial charge in [-0.15, -0.1) is 0 Å². The van der Waals surface area contributed by atoms with E-state index in [1.165, 1.54) is 26.4 Å². The molecule has 0 bridgehead atoms. The zero-order valence-electron chi connectivity index (χ0n) is 14.5. The minimum atomic E-state index is -4.49. The number of rotatable bonds is 6. The predicted octanol–water partition coefficient (Wildman–Crippen LogP) is 3.55. The fourth-order valence-electron chi connectivity index (χ4n) is 2.19. The van der Waals surface area contributed by atoms with Crippen LogP contribution in [0.15, 0.2) is 42.5 Å². The Morgan fingerprint density at radius 2 is 1.63 bits per heavy atom. The van der Waals surface area contributed by atoms with E-state index in [0.29, 0.717) is 5.75 Å². The highest BCUT2D eigenvalue weighted by Gasteiger charge is 2.30. The van der Waals surface area contributed by atoms with Crippen molar-refractivity contribution in [3.8, 4) is 5.75 Å². The van der Waals surface area contributed by atoms with E-state index in [0.717, 1.165) is 24.3 Å². The molecule has 144 valence electrons. The molecular formula is C18H17F3N2O4. The largest absolute Gasteiger partial charge is 0.497 e. The van der Waals surface area contributed by atoms with Gasteiger partial charge in [-0.3, -0.25) is 9.59 Å². The molecule has 2 aromatic carbocycles. The minimum absolute atomic E-state index is 0.0278. The predicted molar refractivity (Wildman–Crippen MR) is 92.9 cm³/mol. The maximum absolute atomic E-state index is 12.6. The third-order valence-electron chi connectivity index (χ3n) is 3.50. The SMILES string of the molecule is COCC(=O)Nc1ccc(OC)cc1NC(=O)c1ccc(C(F)(F)F)cc1. The molecular weight excluding hydrogens is 365 g/mol. The number of hydrogen-bond acceptors (Lipinski definition) is 4. The van der Waals surface area contributed by atoms with E-state index in [1.807, 2.05) is 0 Å². The molecule has 0 radical (unpaired) electrons. The quantitative estimate of drug-likeness (QED) is 0.801. The number of amides is 2. The first-order valence-electron chi connectivity index (χ1n) is 7.70. The number of alkyl halides is 3. The summed E-state index contributed by atoms with van der Waals surface area (Å²) in [5.74, 6) is -0.658. The molecule has 0 fully saturated rings. The third-order valence-corrected chi connectivity index (χ3v) is 3.50. The van der Waals surface area contributed by atoms with E-state index in [9.17, 15) is 22.8 Å². The number of ether oxygens (including phenoxy) is 2. The van der Waals surface area contributed by atoms with Gasteiger partial charge in [-0.05, 0) is 36.4 Å². The Kier molecular flexibility index (Phi) is 6.40. The number of hydrogen-bond donors (Lipinski definition) is 2. The summed E-state index contributed by atoms with van der Waals surface area (Å²) in [5.41, 5.74) is -0.310. The fraction of sp³-hybridized carbons (Fsp3) is 0.222. The first kappa shape index (κ1) is 20.2. The third kappa shape index (κ3) is 5.45. The zero-order valence-corrected chi connectivity index (χ0v) is 14.5. The van der Waals surface area contributed by atoms with Gasteiger partial charge in [-0.2, -0.15) is 13.2 Å². The molecule has 0 spiro atoms. The summed E-state index contributed by atoms with van der Waals surface area (Å²) in [6, 6.07) is 8.36. The van der Waals surface area contributed by atoms with Crippen LogP contribution < -0.4 is 15.4 Å². The molecule has 0 aliphatic carbocycles. The molecule has 0 aromatic heterocycles. The van der Waals surface area contributed by atoms with Crippen molar-refractivity contribution in [3.63, 3.8) is 0 Å². The zero-order chi connectivity index (χ0) is 20.0. The molecule has 2 rings (SSSR count). The average molecular weight is 382 g/mol. The average Bonchev–Trinajstić information content (AvgIpc) is 2.62. The standard InChI is InChI=1S/C18H17F3N2O4/c1-26-10-16(24)22-14-8-7-13(27-2)9-15(14)23-17(25)11-3-5-12(6-4-11)18(19,20)21/h3-9H,10H2,1-2H3,(H,22,24)(H,23,25). The van der Waals surface area contributed by atoms with Crippen molar-refractivity contribution in [2.75, 3.05) is 31.5 Å². The monoisotopic (exact) mass is 382 g/mol. The maximum Gasteiger partial charge on any atom is 0.416 e. The van der Waals surface area contributed by atoms with Crippen LogP contribution >= 0.6 is 0 Å². The van der Waals surface area contributed by atoms with Gasteiger partial charge < -0.3 is 20.1 Å². The number of anilines is 2. The summed E-state index contributed by atoms with van der Waals surface area (Å²) in [6.07, 6.45) is -4.49. The Bertz CT molecular complexity index is 820. The fourth-order valence-corrected chi connectivity index (χ4v) is 2.19. The Morgan fingerprint density at radius 3 is 2.19 bits per heavy atom. The van der Waals surface area contributed by atoms with Crippen LogP contribution in [-0.4, -0.2) is 32.6 Å². The number of carbonyl (C=O) groups is 2. The molecule has 27 heavy (non-hydrogen) atoms. The normalized spacial score (nSPS) is 11.0. The second-order valence-corrected chi connectivity index (χ2v) is 5.42. The van der Waals surface area contributed by atoms with Crippen LogP contribution in [0.1, 0.15) is 15.9 Å². The molecule has 9 heteroatoms. The number of methoxy groups -OCH3 is 2. The molecule has 0 aliphatic rings. The lowest BCUT2D eigenvalue weighted by atomic mass is 10.1. The Balaban J connectivity index is 2.23. The lowest BCUT2D eigenvalue weighted by Crippen LogP contribution is -2.19. The van der Waals surface area contributed by atoms with Gasteiger partial charge in [0.2, 0.25) is 5.91 Å². The first-order valence-corrected chi connectivity index (χ1v) is 7.70. The molecule has 0 atom stereocenters. The highest BCUT2D eigenvalue weighted by Crippen LogP contribution is 2.30. The van der Waals surface area contributed by atoms with E-state index in [-0.39, 0.29) is 23.5 Å². The van der Waals surface area contributed by atoms with Gasteiger partial charge in [0.05, 0.1) is 24.0 Å². The number of nitrogens with one attached hydrogen (secondary N) is 2. The van der Waals surface area contributed by atoms with Crippen LogP contribution in [0.3, 0.4) is 0 Å². The van der Waals surface area contributed by atoms with Crippen molar-refractivity contribution in [1.82, 2.24) is 0 Å². The van der Waals surface area contributed by atoms with Gasteiger partial charge in [-0.25, -0.2) is 0 Å². The topological polar surface area (TPSA) is 76.7 Å². The summed E-state index contributed by atoms with van der Waals surface area (Å²) < 4.78 is 47.7. The molecule has 2 amide bonds. The van der Waals surface area contributed by atoms with Crippen molar-refractivity contribution < 1.29 is 32.2 Å². The summed E-state index contributed by atoms with van der Waals surface area (Å²) >= 11 is 0. The number of benzene rings is 2. The van der Waals surface area contributed by atoms with Crippen molar-refractivity contribution in [3.05, 3.63) is 53.6 Å². The first-order chi connectivity index (χ1) is 12.7. The molecule has 0 saturated carbocycles. The van der Waals surface area contributed by atoms with Gasteiger partial charge in [-0.1, -0.05) is 0 Å². The molecule has 0 saturated heterocycles.